The molecule has 0 heterocycles. The van der Waals surface area contributed by atoms with Crippen LogP contribution in [0.2, 0.25) is 0 Å². The molecule has 1 atom stereocenters. The van der Waals surface area contributed by atoms with Gasteiger partial charge >= 0.3 is 5.97 Å². The van der Waals surface area contributed by atoms with Crippen molar-refractivity contribution in [2.75, 3.05) is 19.6 Å². The van der Waals surface area contributed by atoms with Gasteiger partial charge in [0.05, 0.1) is 5.92 Å². The zero-order valence-corrected chi connectivity index (χ0v) is 11.7. The van der Waals surface area contributed by atoms with Crippen LogP contribution in [0.3, 0.4) is 0 Å². The summed E-state index contributed by atoms with van der Waals surface area (Å²) in [6.07, 6.45) is 0. The SMILES string of the molecule is CCN(CC)CC(C(=O)O)c1ccc(C)cc1C. The van der Waals surface area contributed by atoms with Crippen LogP contribution in [0.25, 0.3) is 0 Å². The Morgan fingerprint density at radius 1 is 1.28 bits per heavy atom. The summed E-state index contributed by atoms with van der Waals surface area (Å²) in [6, 6.07) is 5.99. The van der Waals surface area contributed by atoms with Crippen LogP contribution in [0.5, 0.6) is 0 Å². The average Bonchev–Trinajstić information content (AvgIpc) is 2.32. The number of nitrogens with zero attached hydrogens (tertiary/aromatic N) is 1. The molecule has 0 aliphatic heterocycles. The number of aliphatic carboxylic acids is 1. The minimum absolute atomic E-state index is 0.439. The van der Waals surface area contributed by atoms with Crippen LogP contribution >= 0.6 is 0 Å². The molecule has 1 unspecified atom stereocenters. The van der Waals surface area contributed by atoms with Gasteiger partial charge in [-0.25, -0.2) is 0 Å². The first kappa shape index (κ1) is 14.7. The Morgan fingerprint density at radius 2 is 1.89 bits per heavy atom. The minimum Gasteiger partial charge on any atom is -0.481 e. The summed E-state index contributed by atoms with van der Waals surface area (Å²) in [5.41, 5.74) is 3.16. The van der Waals surface area contributed by atoms with Crippen LogP contribution in [0.15, 0.2) is 18.2 Å². The van der Waals surface area contributed by atoms with E-state index < -0.39 is 11.9 Å². The molecule has 0 aromatic heterocycles. The highest BCUT2D eigenvalue weighted by molar-refractivity contribution is 5.77. The van der Waals surface area contributed by atoms with E-state index in [4.69, 9.17) is 0 Å². The molecule has 3 heteroatoms. The van der Waals surface area contributed by atoms with E-state index in [0.29, 0.717) is 6.54 Å². The largest absolute Gasteiger partial charge is 0.481 e. The fraction of sp³-hybridized carbons (Fsp3) is 0.533. The van der Waals surface area contributed by atoms with E-state index in [1.807, 2.05) is 32.0 Å². The van der Waals surface area contributed by atoms with Crippen molar-refractivity contribution in [3.63, 3.8) is 0 Å². The third kappa shape index (κ3) is 3.57. The molecule has 0 saturated heterocycles. The summed E-state index contributed by atoms with van der Waals surface area (Å²) in [5.74, 6) is -1.18. The van der Waals surface area contributed by atoms with Crippen molar-refractivity contribution in [1.29, 1.82) is 0 Å². The maximum Gasteiger partial charge on any atom is 0.312 e. The van der Waals surface area contributed by atoms with Gasteiger partial charge in [-0.2, -0.15) is 0 Å². The number of rotatable bonds is 6. The molecule has 3 nitrogen and oxygen atoms in total. The van der Waals surface area contributed by atoms with E-state index in [1.165, 1.54) is 5.56 Å². The second-order valence-electron chi connectivity index (χ2n) is 4.74. The van der Waals surface area contributed by atoms with Crippen LogP contribution in [-0.2, 0) is 4.79 Å². The average molecular weight is 249 g/mol. The maximum absolute atomic E-state index is 11.5. The van der Waals surface area contributed by atoms with Crippen molar-refractivity contribution in [2.45, 2.75) is 33.6 Å². The van der Waals surface area contributed by atoms with Gasteiger partial charge in [0.25, 0.3) is 0 Å². The molecule has 0 aliphatic rings. The second kappa shape index (κ2) is 6.55. The van der Waals surface area contributed by atoms with Crippen molar-refractivity contribution in [3.8, 4) is 0 Å². The van der Waals surface area contributed by atoms with Crippen molar-refractivity contribution in [3.05, 3.63) is 34.9 Å². The molecule has 0 amide bonds. The quantitative estimate of drug-likeness (QED) is 0.842. The first-order chi connectivity index (χ1) is 8.49. The molecule has 0 aliphatic carbocycles. The first-order valence-electron chi connectivity index (χ1n) is 6.51. The van der Waals surface area contributed by atoms with Crippen molar-refractivity contribution in [1.82, 2.24) is 4.90 Å². The molecule has 0 fully saturated rings. The summed E-state index contributed by atoms with van der Waals surface area (Å²) in [7, 11) is 0. The smallest absolute Gasteiger partial charge is 0.312 e. The lowest BCUT2D eigenvalue weighted by Gasteiger charge is -2.24. The molecular weight excluding hydrogens is 226 g/mol. The number of carbonyl (C=O) groups is 1. The standard InChI is InChI=1S/C15H23NO2/c1-5-16(6-2)10-14(15(17)18)13-8-7-11(3)9-12(13)4/h7-9,14H,5-6,10H2,1-4H3,(H,17,18). The zero-order chi connectivity index (χ0) is 13.7. The lowest BCUT2D eigenvalue weighted by molar-refractivity contribution is -0.139. The Morgan fingerprint density at radius 3 is 2.33 bits per heavy atom. The van der Waals surface area contributed by atoms with Gasteiger partial charge in [-0.1, -0.05) is 37.6 Å². The molecule has 0 spiro atoms. The number of likely N-dealkylation sites (N-methyl/N-ethyl adjacent to an activating group) is 1. The maximum atomic E-state index is 11.5. The molecular formula is C15H23NO2. The number of carboxylic acid groups (broad SMARTS) is 1. The molecule has 0 saturated carbocycles. The predicted octanol–water partition coefficient (Wildman–Crippen LogP) is 2.81. The van der Waals surface area contributed by atoms with Gasteiger partial charge in [-0.15, -0.1) is 0 Å². The number of aryl methyl sites for hydroxylation is 2. The fourth-order valence-electron chi connectivity index (χ4n) is 2.27. The summed E-state index contributed by atoms with van der Waals surface area (Å²) in [4.78, 5) is 13.6. The van der Waals surface area contributed by atoms with Crippen LogP contribution in [0.1, 0.15) is 36.5 Å². The summed E-state index contributed by atoms with van der Waals surface area (Å²) in [5, 5.41) is 9.43. The topological polar surface area (TPSA) is 40.5 Å². The minimum atomic E-state index is -0.742. The van der Waals surface area contributed by atoms with E-state index in [0.717, 1.165) is 24.2 Å². The van der Waals surface area contributed by atoms with E-state index in [9.17, 15) is 9.90 Å². The number of carboxylic acids is 1. The van der Waals surface area contributed by atoms with Gasteiger partial charge in [0.1, 0.15) is 0 Å². The van der Waals surface area contributed by atoms with E-state index >= 15 is 0 Å². The van der Waals surface area contributed by atoms with Crippen LogP contribution in [0, 0.1) is 13.8 Å². The van der Waals surface area contributed by atoms with E-state index in [1.54, 1.807) is 0 Å². The molecule has 0 bridgehead atoms. The fourth-order valence-corrected chi connectivity index (χ4v) is 2.27. The summed E-state index contributed by atoms with van der Waals surface area (Å²) in [6.45, 7) is 10.5. The highest BCUT2D eigenvalue weighted by atomic mass is 16.4. The van der Waals surface area contributed by atoms with Crippen LogP contribution < -0.4 is 0 Å². The number of benzene rings is 1. The van der Waals surface area contributed by atoms with Crippen molar-refractivity contribution in [2.24, 2.45) is 0 Å². The van der Waals surface area contributed by atoms with Crippen molar-refractivity contribution < 1.29 is 9.90 Å². The Labute approximate surface area is 109 Å². The van der Waals surface area contributed by atoms with Gasteiger partial charge in [0.15, 0.2) is 0 Å². The number of hydrogen-bond donors (Lipinski definition) is 1. The molecule has 1 aromatic carbocycles. The Balaban J connectivity index is 3.01. The molecule has 100 valence electrons. The molecule has 1 N–H and O–H groups in total. The van der Waals surface area contributed by atoms with Gasteiger partial charge in [-0.05, 0) is 38.1 Å². The summed E-state index contributed by atoms with van der Waals surface area (Å²) >= 11 is 0. The Bertz CT molecular complexity index is 411. The molecule has 1 rings (SSSR count). The Kier molecular flexibility index (Phi) is 5.35. The van der Waals surface area contributed by atoms with Crippen LogP contribution in [-0.4, -0.2) is 35.6 Å². The second-order valence-corrected chi connectivity index (χ2v) is 4.74. The normalized spacial score (nSPS) is 12.7. The van der Waals surface area contributed by atoms with Gasteiger partial charge in [-0.3, -0.25) is 4.79 Å². The van der Waals surface area contributed by atoms with Crippen molar-refractivity contribution >= 4 is 5.97 Å². The molecule has 1 aromatic rings. The predicted molar refractivity (Wildman–Crippen MR) is 74.1 cm³/mol. The zero-order valence-electron chi connectivity index (χ0n) is 11.7. The van der Waals surface area contributed by atoms with Crippen LogP contribution in [0.4, 0.5) is 0 Å². The monoisotopic (exact) mass is 249 g/mol. The highest BCUT2D eigenvalue weighted by Gasteiger charge is 2.23. The highest BCUT2D eigenvalue weighted by Crippen LogP contribution is 2.22. The number of hydrogen-bond acceptors (Lipinski definition) is 2. The van der Waals surface area contributed by atoms with Gasteiger partial charge < -0.3 is 10.0 Å². The third-order valence-electron chi connectivity index (χ3n) is 3.43. The van der Waals surface area contributed by atoms with E-state index in [-0.39, 0.29) is 0 Å². The molecule has 0 radical (unpaired) electrons. The third-order valence-corrected chi connectivity index (χ3v) is 3.43. The van der Waals surface area contributed by atoms with E-state index in [2.05, 4.69) is 18.7 Å². The lowest BCUT2D eigenvalue weighted by atomic mass is 9.93. The molecule has 18 heavy (non-hydrogen) atoms. The Hall–Kier alpha value is -1.35. The first-order valence-corrected chi connectivity index (χ1v) is 6.51. The lowest BCUT2D eigenvalue weighted by Crippen LogP contribution is -2.32. The van der Waals surface area contributed by atoms with Gasteiger partial charge in [0, 0.05) is 6.54 Å². The summed E-state index contributed by atoms with van der Waals surface area (Å²) < 4.78 is 0. The van der Waals surface area contributed by atoms with Gasteiger partial charge in [0.2, 0.25) is 0 Å².